The predicted molar refractivity (Wildman–Crippen MR) is 41.1 cm³/mol. The van der Waals surface area contributed by atoms with Gasteiger partial charge in [0.05, 0.1) is 10.8 Å². The van der Waals surface area contributed by atoms with Crippen molar-refractivity contribution in [2.24, 2.45) is 4.99 Å². The van der Waals surface area contributed by atoms with E-state index in [1.807, 2.05) is 30.3 Å². The third-order valence-electron chi connectivity index (χ3n) is 0.931. The second-order valence-corrected chi connectivity index (χ2v) is 1.72. The average Bonchev–Trinajstić information content (AvgIpc) is 1.91. The highest BCUT2D eigenvalue weighted by molar-refractivity contribution is 7.78. The van der Waals surface area contributed by atoms with Gasteiger partial charge in [0.1, 0.15) is 0 Å². The van der Waals surface area contributed by atoms with Gasteiger partial charge in [-0.15, -0.1) is 0 Å². The van der Waals surface area contributed by atoms with Gasteiger partial charge in [0, 0.05) is 0 Å². The van der Waals surface area contributed by atoms with Gasteiger partial charge < -0.3 is 0 Å². The van der Waals surface area contributed by atoms with E-state index in [9.17, 15) is 0 Å². The number of para-hydroxylation sites is 1. The molecule has 0 unspecified atom stereocenters. The summed E-state index contributed by atoms with van der Waals surface area (Å²) in [6.45, 7) is 0. The summed E-state index contributed by atoms with van der Waals surface area (Å²) in [5.74, 6) is 0. The van der Waals surface area contributed by atoms with E-state index < -0.39 is 0 Å². The molecular weight excluding hydrogens is 133 g/mol. The van der Waals surface area contributed by atoms with Crippen LogP contribution in [0.15, 0.2) is 35.3 Å². The molecule has 0 aliphatic rings. The molecule has 1 aromatic rings. The highest BCUT2D eigenvalue weighted by Gasteiger charge is 1.79. The maximum Gasteiger partial charge on any atom is 0.0739 e. The number of isothiocyanates is 1. The van der Waals surface area contributed by atoms with Crippen LogP contribution in [0.5, 0.6) is 0 Å². The highest BCUT2D eigenvalue weighted by atomic mass is 35.0. The lowest BCUT2D eigenvalue weighted by Crippen LogP contribution is -1.58. The zero-order chi connectivity index (χ0) is 6.53. The number of aliphatic imine (C=N–C) groups is 1. The smallest absolute Gasteiger partial charge is 0.0739 e. The molecule has 0 aliphatic heterocycles. The maximum atomic E-state index is 4.42. The van der Waals surface area contributed by atoms with E-state index in [1.165, 1.54) is 0 Å². The summed E-state index contributed by atoms with van der Waals surface area (Å²) in [4.78, 5) is 3.77. The highest BCUT2D eigenvalue weighted by Crippen LogP contribution is 2.07. The quantitative estimate of drug-likeness (QED) is 0.428. The topological polar surface area (TPSA) is 12.4 Å². The lowest BCUT2D eigenvalue weighted by molar-refractivity contribution is 1.55. The van der Waals surface area contributed by atoms with Crippen LogP contribution in [0.4, 0.5) is 5.69 Å². The Morgan fingerprint density at radius 3 is 2.44 bits per heavy atom. The molecule has 0 N–H and O–H groups in total. The van der Waals surface area contributed by atoms with Gasteiger partial charge in [-0.05, 0) is 24.4 Å². The van der Waals surface area contributed by atoms with Gasteiger partial charge in [0.2, 0.25) is 0 Å². The van der Waals surface area contributed by atoms with Crippen LogP contribution in [0.2, 0.25) is 0 Å². The first kappa shape index (κ1) is 6.14. The fourth-order valence-corrected chi connectivity index (χ4v) is 0.661. The lowest BCUT2D eigenvalue weighted by Gasteiger charge is -1.83. The Bertz CT molecular complexity index is 224. The molecule has 0 aromatic heterocycles. The summed E-state index contributed by atoms with van der Waals surface area (Å²) in [6.07, 6.45) is 0. The van der Waals surface area contributed by atoms with Gasteiger partial charge in [-0.2, -0.15) is 4.99 Å². The van der Waals surface area contributed by atoms with Gasteiger partial charge in [-0.1, -0.05) is 18.2 Å². The molecule has 0 amide bonds. The van der Waals surface area contributed by atoms with Crippen molar-refractivity contribution >= 4 is 23.1 Å². The van der Waals surface area contributed by atoms with E-state index in [0.29, 0.717) is 0 Å². The summed E-state index contributed by atoms with van der Waals surface area (Å²) in [6, 6.07) is 9.50. The Kier molecular flexibility index (Phi) is 2.13. The first-order valence-electron chi connectivity index (χ1n) is 2.56. The molecule has 0 heterocycles. The zero-order valence-corrected chi connectivity index (χ0v) is 5.56. The van der Waals surface area contributed by atoms with Crippen LogP contribution < -0.4 is 0 Å². The molecule has 0 bridgehead atoms. The Hall–Kier alpha value is -0.980. The number of thiocarbonyl (C=S) groups is 1. The molecule has 9 heavy (non-hydrogen) atoms. The SMILES string of the molecule is [35S]=C=Nc1ccccc1. The molecule has 0 aliphatic carbocycles. The molecule has 0 saturated heterocycles. The van der Waals surface area contributed by atoms with E-state index in [-0.39, 0.29) is 0 Å². The molecule has 0 spiro atoms. The lowest BCUT2D eigenvalue weighted by atomic mass is 10.3. The summed E-state index contributed by atoms with van der Waals surface area (Å²) in [7, 11) is 0. The van der Waals surface area contributed by atoms with Crippen molar-refractivity contribution in [2.45, 2.75) is 0 Å². The molecule has 2 heteroatoms. The van der Waals surface area contributed by atoms with Crippen molar-refractivity contribution in [3.63, 3.8) is 0 Å². The average molecular weight is 138 g/mol. The molecule has 1 rings (SSSR count). The van der Waals surface area contributed by atoms with E-state index in [0.717, 1.165) is 5.69 Å². The monoisotopic (exact) mass is 138 g/mol. The normalized spacial score (nSPS) is 8.00. The maximum absolute atomic E-state index is 4.42. The van der Waals surface area contributed by atoms with Crippen LogP contribution in [0.1, 0.15) is 0 Å². The third kappa shape index (κ3) is 1.76. The standard InChI is InChI=1S/C7H5NS/c9-6-8-7-4-2-1-3-5-7/h1-5H/i9+3. The van der Waals surface area contributed by atoms with E-state index in [1.54, 1.807) is 0 Å². The predicted octanol–water partition coefficient (Wildman–Crippen LogP) is 2.42. The van der Waals surface area contributed by atoms with Crippen LogP contribution in [0, 0.1) is 0 Å². The summed E-state index contributed by atoms with van der Waals surface area (Å²) < 4.78 is 0. The van der Waals surface area contributed by atoms with Gasteiger partial charge in [0.15, 0.2) is 0 Å². The number of benzene rings is 1. The minimum Gasteiger partial charge on any atom is -0.195 e. The summed E-state index contributed by atoms with van der Waals surface area (Å²) in [5, 5.41) is 2.29. The van der Waals surface area contributed by atoms with Gasteiger partial charge >= 0.3 is 0 Å². The molecular formula is C7H5NS. The van der Waals surface area contributed by atoms with Crippen molar-refractivity contribution in [2.75, 3.05) is 0 Å². The Morgan fingerprint density at radius 1 is 1.22 bits per heavy atom. The van der Waals surface area contributed by atoms with Gasteiger partial charge in [0.25, 0.3) is 0 Å². The Balaban J connectivity index is 2.97. The number of hydrogen-bond donors (Lipinski definition) is 0. The number of nitrogens with zero attached hydrogens (tertiary/aromatic N) is 1. The molecule has 0 fully saturated rings. The first-order chi connectivity index (χ1) is 4.43. The van der Waals surface area contributed by atoms with Crippen molar-refractivity contribution in [3.05, 3.63) is 30.3 Å². The fourth-order valence-electron chi connectivity index (χ4n) is 0.555. The number of hydrogen-bond acceptors (Lipinski definition) is 2. The molecule has 0 atom stereocenters. The first-order valence-corrected chi connectivity index (χ1v) is 2.97. The third-order valence-corrected chi connectivity index (χ3v) is 1.02. The second-order valence-electron chi connectivity index (χ2n) is 1.54. The Morgan fingerprint density at radius 2 is 1.89 bits per heavy atom. The minimum absolute atomic E-state index is 0.854. The van der Waals surface area contributed by atoms with Crippen LogP contribution in [-0.2, 0) is 0 Å². The van der Waals surface area contributed by atoms with Crippen molar-refractivity contribution in [3.8, 4) is 0 Å². The van der Waals surface area contributed by atoms with E-state index in [2.05, 4.69) is 22.4 Å². The number of rotatable bonds is 1. The van der Waals surface area contributed by atoms with Gasteiger partial charge in [-0.3, -0.25) is 0 Å². The van der Waals surface area contributed by atoms with E-state index in [4.69, 9.17) is 0 Å². The molecule has 1 nitrogen and oxygen atoms in total. The van der Waals surface area contributed by atoms with Crippen LogP contribution in [0.25, 0.3) is 0 Å². The van der Waals surface area contributed by atoms with Crippen molar-refractivity contribution in [1.29, 1.82) is 0 Å². The second kappa shape index (κ2) is 3.13. The summed E-state index contributed by atoms with van der Waals surface area (Å²) in [5.41, 5.74) is 0.854. The molecule has 0 radical (unpaired) electrons. The minimum atomic E-state index is 0.854. The fraction of sp³-hybridized carbons (Fsp3) is 0. The Labute approximate surface area is 59.1 Å². The van der Waals surface area contributed by atoms with Crippen LogP contribution in [-0.4, -0.2) is 5.16 Å². The van der Waals surface area contributed by atoms with Gasteiger partial charge in [-0.25, -0.2) is 0 Å². The van der Waals surface area contributed by atoms with E-state index >= 15 is 0 Å². The molecule has 44 valence electrons. The molecule has 0 saturated carbocycles. The van der Waals surface area contributed by atoms with Crippen molar-refractivity contribution < 1.29 is 0 Å². The summed E-state index contributed by atoms with van der Waals surface area (Å²) >= 11 is 4.42. The van der Waals surface area contributed by atoms with Crippen LogP contribution in [0.3, 0.4) is 0 Å². The van der Waals surface area contributed by atoms with Crippen molar-refractivity contribution in [1.82, 2.24) is 0 Å². The largest absolute Gasteiger partial charge is 0.195 e. The molecule has 1 aromatic carbocycles. The van der Waals surface area contributed by atoms with Crippen LogP contribution >= 0.6 is 12.2 Å². The zero-order valence-electron chi connectivity index (χ0n) is 4.74.